The Kier molecular flexibility index (Phi) is 38.8. The van der Waals surface area contributed by atoms with Crippen molar-refractivity contribution in [2.45, 2.75) is 305 Å². The minimum atomic E-state index is -1.83. The van der Waals surface area contributed by atoms with Crippen LogP contribution in [0.5, 0.6) is 0 Å². The van der Waals surface area contributed by atoms with Gasteiger partial charge in [0, 0.05) is 19.4 Å². The molecule has 1 saturated carbocycles. The van der Waals surface area contributed by atoms with Gasteiger partial charge < -0.3 is 84.3 Å². The predicted octanol–water partition coefficient (Wildman–Crippen LogP) is 3.15. The zero-order chi connectivity index (χ0) is 81.7. The molecule has 612 valence electrons. The van der Waals surface area contributed by atoms with Crippen molar-refractivity contribution >= 4 is 82.8 Å². The van der Waals surface area contributed by atoms with Crippen LogP contribution in [-0.2, 0) is 78.3 Å². The fraction of sp³-hybridized carbons (Fsp3) is 0.722. The molecule has 2 saturated heterocycles. The molecular weight excluding hydrogens is 1400 g/mol. The molecule has 2 heterocycles. The summed E-state index contributed by atoms with van der Waals surface area (Å²) < 4.78 is 5.97. The Morgan fingerprint density at radius 1 is 0.606 bits per heavy atom. The highest BCUT2D eigenvalue weighted by molar-refractivity contribution is 6.03. The zero-order valence-electron chi connectivity index (χ0n) is 67.5. The van der Waals surface area contributed by atoms with Crippen molar-refractivity contribution in [3.05, 3.63) is 47.7 Å². The zero-order valence-corrected chi connectivity index (χ0v) is 67.5. The molecule has 15 N–H and O–H groups in total. The van der Waals surface area contributed by atoms with Crippen LogP contribution < -0.4 is 69.5 Å². The number of aliphatic hydroxyl groups is 1. The van der Waals surface area contributed by atoms with Crippen molar-refractivity contribution in [3.63, 3.8) is 0 Å². The number of rotatable bonds is 34. The number of nitrogens with one attached hydrogen (secondary N) is 12. The second kappa shape index (κ2) is 45.6. The SMILES string of the molecule is C/C=C1\NC(=O)[C@H](Cc2ccccc2)NC(=O)[C@@H](C(C)C)NC(=O)[C@@H]([C@@H](C)CC)NC(=O)[C@H](NC(=O)[C@H](NC(=O)[C@H](CCCN)NC(=O)[C@H]2CCCN2C(=O)[C@H](NC(=O)[C@@H](NC(=O)[C@@H](NC(=O)[C@@H](CC2CCCCC2)NC(=O)CCCC(C)C)[C@@H](C)O)C(C)C)C(C)C)[C@@H](C)CC)[C@@H](C)OC(=O)[C@H](C(C)C)NC1=O. The number of hydrogen-bond donors (Lipinski definition) is 14. The predicted molar refractivity (Wildman–Crippen MR) is 412 cm³/mol. The summed E-state index contributed by atoms with van der Waals surface area (Å²) in [4.78, 5) is 204. The van der Waals surface area contributed by atoms with Crippen LogP contribution >= 0.6 is 0 Å². The number of carbonyl (C=O) groups is 14. The van der Waals surface area contributed by atoms with Crippen molar-refractivity contribution in [2.24, 2.45) is 53.1 Å². The van der Waals surface area contributed by atoms with Gasteiger partial charge in [0.25, 0.3) is 5.91 Å². The first-order valence-corrected chi connectivity index (χ1v) is 39.6. The van der Waals surface area contributed by atoms with Crippen LogP contribution in [0, 0.1) is 47.3 Å². The first-order valence-electron chi connectivity index (χ1n) is 39.6. The van der Waals surface area contributed by atoms with Crippen molar-refractivity contribution in [2.75, 3.05) is 13.1 Å². The summed E-state index contributed by atoms with van der Waals surface area (Å²) in [6.45, 7) is 28.5. The lowest BCUT2D eigenvalue weighted by Gasteiger charge is -2.34. The number of likely N-dealkylation sites (tertiary alicyclic amines) is 1. The number of allylic oxidation sites excluding steroid dienone is 1. The van der Waals surface area contributed by atoms with Gasteiger partial charge in [-0.3, -0.25) is 62.3 Å². The van der Waals surface area contributed by atoms with Crippen LogP contribution in [0.15, 0.2) is 42.1 Å². The number of nitrogens with zero attached hydrogens (tertiary/aromatic N) is 1. The summed E-state index contributed by atoms with van der Waals surface area (Å²) in [6, 6.07) is -7.56. The lowest BCUT2D eigenvalue weighted by atomic mass is 9.84. The quantitative estimate of drug-likeness (QED) is 0.0348. The van der Waals surface area contributed by atoms with Gasteiger partial charge in [-0.25, -0.2) is 4.79 Å². The minimum Gasteiger partial charge on any atom is -0.458 e. The number of aliphatic hydroxyl groups excluding tert-OH is 1. The highest BCUT2D eigenvalue weighted by Gasteiger charge is 2.45. The van der Waals surface area contributed by atoms with Crippen molar-refractivity contribution < 1.29 is 77.0 Å². The van der Waals surface area contributed by atoms with Crippen molar-refractivity contribution in [1.82, 2.24) is 68.7 Å². The van der Waals surface area contributed by atoms with Gasteiger partial charge in [0.1, 0.15) is 84.3 Å². The van der Waals surface area contributed by atoms with Crippen LogP contribution in [0.1, 0.15) is 220 Å². The van der Waals surface area contributed by atoms with Gasteiger partial charge in [-0.1, -0.05) is 185 Å². The topological polar surface area (TPSA) is 442 Å². The van der Waals surface area contributed by atoms with E-state index in [1.54, 1.807) is 113 Å². The third-order valence-electron chi connectivity index (χ3n) is 20.9. The van der Waals surface area contributed by atoms with E-state index < -0.39 is 197 Å². The lowest BCUT2D eigenvalue weighted by molar-refractivity contribution is -0.157. The lowest BCUT2D eigenvalue weighted by Crippen LogP contribution is -2.64. The van der Waals surface area contributed by atoms with Crippen LogP contribution in [0.3, 0.4) is 0 Å². The highest BCUT2D eigenvalue weighted by Crippen LogP contribution is 2.28. The van der Waals surface area contributed by atoms with Gasteiger partial charge in [-0.15, -0.1) is 0 Å². The van der Waals surface area contributed by atoms with Gasteiger partial charge in [0.2, 0.25) is 70.9 Å². The van der Waals surface area contributed by atoms with E-state index >= 15 is 9.59 Å². The Balaban J connectivity index is 1.63. The van der Waals surface area contributed by atoms with Gasteiger partial charge in [-0.05, 0) is 119 Å². The average molecular weight is 1530 g/mol. The van der Waals surface area contributed by atoms with E-state index in [0.717, 1.165) is 38.5 Å². The maximum atomic E-state index is 15.1. The Labute approximate surface area is 644 Å². The monoisotopic (exact) mass is 1530 g/mol. The van der Waals surface area contributed by atoms with Gasteiger partial charge in [0.05, 0.1) is 6.10 Å². The second-order valence-corrected chi connectivity index (χ2v) is 31.8. The minimum absolute atomic E-state index is 0.0346. The van der Waals surface area contributed by atoms with E-state index in [9.17, 15) is 62.6 Å². The molecule has 1 aromatic carbocycles. The average Bonchev–Trinajstić information content (AvgIpc) is 1.81. The van der Waals surface area contributed by atoms with Crippen LogP contribution in [0.4, 0.5) is 0 Å². The number of carbonyl (C=O) groups excluding carboxylic acids is 14. The molecule has 1 aliphatic carbocycles. The molecular formula is C79H130N14O16. The Morgan fingerprint density at radius 3 is 1.75 bits per heavy atom. The number of amides is 13. The molecule has 4 rings (SSSR count). The molecule has 0 spiro atoms. The molecule has 0 bridgehead atoms. The molecule has 3 fully saturated rings. The van der Waals surface area contributed by atoms with Gasteiger partial charge in [0.15, 0.2) is 0 Å². The first-order chi connectivity index (χ1) is 51.4. The first kappa shape index (κ1) is 92.8. The molecule has 3 aliphatic rings. The maximum absolute atomic E-state index is 15.1. The smallest absolute Gasteiger partial charge is 0.329 e. The number of nitrogens with two attached hydrogens (primary N) is 1. The number of esters is 1. The maximum Gasteiger partial charge on any atom is 0.329 e. The largest absolute Gasteiger partial charge is 0.458 e. The van der Waals surface area contributed by atoms with E-state index in [0.29, 0.717) is 37.2 Å². The Hall–Kier alpha value is -8.54. The van der Waals surface area contributed by atoms with E-state index in [4.69, 9.17) is 10.5 Å². The standard InChI is InChI=1S/C79H130N14O16/c1-18-47(14)63(75(104)92-66-50(17)109-79(108)62(46(12)13)88-67(96)53(20-3)82-69(98)56(41-52-33-25-22-26-34-52)84-72(101)59(43(6)7)85-74(103)64(48(15)19-2)90-77(66)106)89-68(97)54(35-28-38-80)83-71(100)57-36-29-39-93(57)78(107)61(45(10)11)87-73(102)60(44(8)9)86-76(105)65(49(16)94)91-70(99)55(40-51-31-23-21-24-32-51)81-58(95)37-27-30-42(4)5/h20,22,25-26,33-34,42-51,54-57,59-66,94H,18-19,21,23-24,27-32,35-41,80H2,1-17H3,(H,81,95)(H,82,98)(H,83,100)(H,84,101)(H,85,103)(H,86,105)(H,87,102)(H,88,96)(H,89,97)(H,90,106)(H,91,99)(H,92,104)/b53-20-/t47-,48-,49+,50+,54-,55+,56-,57+,59+,60-,61+,62-,63+,64+,65-,66+/m0/s1. The molecule has 16 atom stereocenters. The molecule has 2 aliphatic heterocycles. The number of benzene rings is 1. The highest BCUT2D eigenvalue weighted by atomic mass is 16.5. The van der Waals surface area contributed by atoms with Crippen LogP contribution in [0.25, 0.3) is 0 Å². The second-order valence-electron chi connectivity index (χ2n) is 31.8. The van der Waals surface area contributed by atoms with Gasteiger partial charge in [-0.2, -0.15) is 0 Å². The third kappa shape index (κ3) is 28.7. The summed E-state index contributed by atoms with van der Waals surface area (Å²) in [7, 11) is 0. The van der Waals surface area contributed by atoms with E-state index in [1.165, 1.54) is 31.7 Å². The summed E-state index contributed by atoms with van der Waals surface area (Å²) in [5.41, 5.74) is 6.36. The molecule has 30 heteroatoms. The molecule has 30 nitrogen and oxygen atoms in total. The Morgan fingerprint density at radius 2 is 1.18 bits per heavy atom. The Bertz CT molecular complexity index is 3270. The molecule has 109 heavy (non-hydrogen) atoms. The van der Waals surface area contributed by atoms with E-state index in [-0.39, 0.29) is 69.1 Å². The van der Waals surface area contributed by atoms with E-state index in [1.807, 2.05) is 0 Å². The van der Waals surface area contributed by atoms with Gasteiger partial charge >= 0.3 is 5.97 Å². The van der Waals surface area contributed by atoms with Crippen LogP contribution in [0.2, 0.25) is 0 Å². The number of ether oxygens (including phenoxy) is 1. The number of hydrogen-bond acceptors (Lipinski definition) is 17. The third-order valence-corrected chi connectivity index (χ3v) is 20.9. The summed E-state index contributed by atoms with van der Waals surface area (Å²) in [5, 5.41) is 43.7. The van der Waals surface area contributed by atoms with Crippen LogP contribution in [-0.4, -0.2) is 191 Å². The van der Waals surface area contributed by atoms with Crippen molar-refractivity contribution in [1.29, 1.82) is 0 Å². The molecule has 0 radical (unpaired) electrons. The van der Waals surface area contributed by atoms with E-state index in [2.05, 4.69) is 77.6 Å². The summed E-state index contributed by atoms with van der Waals surface area (Å²) in [5.74, 6) is -14.3. The van der Waals surface area contributed by atoms with Crippen molar-refractivity contribution in [3.8, 4) is 0 Å². The summed E-state index contributed by atoms with van der Waals surface area (Å²) >= 11 is 0. The fourth-order valence-electron chi connectivity index (χ4n) is 13.6. The fourth-order valence-corrected chi connectivity index (χ4v) is 13.6. The molecule has 0 unspecified atom stereocenters. The molecule has 13 amide bonds. The summed E-state index contributed by atoms with van der Waals surface area (Å²) in [6.07, 6.45) is 6.28. The molecule has 0 aromatic heterocycles. The normalized spacial score (nSPS) is 23.1. The number of cyclic esters (lactones) is 1. The molecule has 1 aromatic rings.